The van der Waals surface area contributed by atoms with Crippen molar-refractivity contribution in [2.75, 3.05) is 11.9 Å². The number of anilines is 1. The van der Waals surface area contributed by atoms with Gasteiger partial charge in [-0.25, -0.2) is 0 Å². The number of rotatable bonds is 6. The van der Waals surface area contributed by atoms with Gasteiger partial charge in [0.15, 0.2) is 12.4 Å². The first kappa shape index (κ1) is 17.7. The Morgan fingerprint density at radius 3 is 2.46 bits per heavy atom. The summed E-state index contributed by atoms with van der Waals surface area (Å²) in [5, 5.41) is 2.72. The first-order valence-electron chi connectivity index (χ1n) is 8.01. The van der Waals surface area contributed by atoms with E-state index in [0.717, 1.165) is 5.56 Å². The van der Waals surface area contributed by atoms with Crippen LogP contribution in [0, 0.1) is 6.92 Å². The van der Waals surface area contributed by atoms with Gasteiger partial charge in [-0.05, 0) is 55.2 Å². The van der Waals surface area contributed by atoms with Crippen LogP contribution in [0.2, 0.25) is 0 Å². The first-order valence-corrected chi connectivity index (χ1v) is 8.01. The highest BCUT2D eigenvalue weighted by atomic mass is 16.5. The van der Waals surface area contributed by atoms with Crippen LogP contribution in [0.5, 0.6) is 5.75 Å². The summed E-state index contributed by atoms with van der Waals surface area (Å²) < 4.78 is 5.56. The molecule has 4 nitrogen and oxygen atoms in total. The second kappa shape index (κ2) is 7.77. The van der Waals surface area contributed by atoms with Crippen LogP contribution in [0.4, 0.5) is 5.69 Å². The molecule has 0 aliphatic rings. The van der Waals surface area contributed by atoms with Crippen LogP contribution in [0.3, 0.4) is 0 Å². The lowest BCUT2D eigenvalue weighted by Crippen LogP contribution is -2.21. The number of hydrogen-bond donors (Lipinski definition) is 1. The van der Waals surface area contributed by atoms with Crippen molar-refractivity contribution in [3.8, 4) is 5.75 Å². The molecule has 0 saturated carbocycles. The Morgan fingerprint density at radius 1 is 1.12 bits per heavy atom. The second-order valence-electron chi connectivity index (χ2n) is 6.11. The first-order chi connectivity index (χ1) is 11.4. The molecular formula is C20H23NO3. The minimum Gasteiger partial charge on any atom is -0.484 e. The van der Waals surface area contributed by atoms with Gasteiger partial charge in [-0.2, -0.15) is 0 Å². The number of ketones is 1. The third-order valence-corrected chi connectivity index (χ3v) is 3.81. The molecule has 2 rings (SSSR count). The van der Waals surface area contributed by atoms with Crippen LogP contribution in [-0.4, -0.2) is 18.3 Å². The van der Waals surface area contributed by atoms with E-state index in [1.54, 1.807) is 24.3 Å². The molecule has 1 N–H and O–H groups in total. The zero-order valence-electron chi connectivity index (χ0n) is 14.6. The smallest absolute Gasteiger partial charge is 0.262 e. The van der Waals surface area contributed by atoms with E-state index < -0.39 is 0 Å². The Balaban J connectivity index is 1.99. The fourth-order valence-electron chi connectivity index (χ4n) is 2.62. The predicted molar refractivity (Wildman–Crippen MR) is 95.8 cm³/mol. The van der Waals surface area contributed by atoms with Gasteiger partial charge < -0.3 is 10.1 Å². The fraction of sp³-hybridized carbons (Fsp3) is 0.300. The molecule has 0 unspecified atom stereocenters. The lowest BCUT2D eigenvalue weighted by atomic mass is 9.98. The molecule has 0 saturated heterocycles. The van der Waals surface area contributed by atoms with Gasteiger partial charge in [-0.15, -0.1) is 0 Å². The normalized spacial score (nSPS) is 10.5. The number of Topliss-reactive ketones (excluding diaryl/α,β-unsaturated/α-hetero) is 1. The summed E-state index contributed by atoms with van der Waals surface area (Å²) in [5.74, 6) is 0.721. The summed E-state index contributed by atoms with van der Waals surface area (Å²) in [5.41, 5.74) is 3.40. The number of carbonyl (C=O) groups is 2. The lowest BCUT2D eigenvalue weighted by Gasteiger charge is -2.13. The van der Waals surface area contributed by atoms with E-state index in [-0.39, 0.29) is 18.3 Å². The average molecular weight is 325 g/mol. The zero-order chi connectivity index (χ0) is 17.7. The van der Waals surface area contributed by atoms with Gasteiger partial charge in [0, 0.05) is 5.56 Å². The van der Waals surface area contributed by atoms with Gasteiger partial charge in [0.25, 0.3) is 5.91 Å². The largest absolute Gasteiger partial charge is 0.484 e. The van der Waals surface area contributed by atoms with Crippen LogP contribution >= 0.6 is 0 Å². The number of carbonyl (C=O) groups excluding carboxylic acids is 2. The zero-order valence-corrected chi connectivity index (χ0v) is 14.6. The Kier molecular flexibility index (Phi) is 5.74. The third kappa shape index (κ3) is 4.44. The second-order valence-corrected chi connectivity index (χ2v) is 6.11. The van der Waals surface area contributed by atoms with E-state index in [9.17, 15) is 9.59 Å². The summed E-state index contributed by atoms with van der Waals surface area (Å²) in [6, 6.07) is 12.8. The minimum atomic E-state index is -0.297. The predicted octanol–water partition coefficient (Wildman–Crippen LogP) is 4.34. The number of nitrogens with one attached hydrogen (secondary N) is 1. The summed E-state index contributed by atoms with van der Waals surface area (Å²) in [4.78, 5) is 23.6. The number of hydrogen-bond acceptors (Lipinski definition) is 3. The van der Waals surface area contributed by atoms with Crippen LogP contribution in [0.15, 0.2) is 42.5 Å². The standard InChI is InChI=1S/C20H23NO3/c1-13(2)17-10-9-16(11-14(17)3)24-12-20(23)21-19-8-6-5-7-18(19)15(4)22/h5-11,13H,12H2,1-4H3,(H,21,23). The lowest BCUT2D eigenvalue weighted by molar-refractivity contribution is -0.118. The van der Waals surface area contributed by atoms with Gasteiger partial charge in [0.2, 0.25) is 0 Å². The highest BCUT2D eigenvalue weighted by Crippen LogP contribution is 2.23. The monoisotopic (exact) mass is 325 g/mol. The van der Waals surface area contributed by atoms with E-state index >= 15 is 0 Å². The Morgan fingerprint density at radius 2 is 1.83 bits per heavy atom. The van der Waals surface area contributed by atoms with E-state index in [4.69, 9.17) is 4.74 Å². The molecule has 4 heteroatoms. The third-order valence-electron chi connectivity index (χ3n) is 3.81. The van der Waals surface area contributed by atoms with Gasteiger partial charge in [0.05, 0.1) is 5.69 Å². The maximum atomic E-state index is 12.1. The Labute approximate surface area is 142 Å². The van der Waals surface area contributed by atoms with E-state index in [2.05, 4.69) is 19.2 Å². The number of benzene rings is 2. The molecule has 0 radical (unpaired) electrons. The Bertz CT molecular complexity index is 750. The summed E-state index contributed by atoms with van der Waals surface area (Å²) >= 11 is 0. The molecule has 0 bridgehead atoms. The van der Waals surface area contributed by atoms with E-state index in [0.29, 0.717) is 22.9 Å². The van der Waals surface area contributed by atoms with Crippen molar-refractivity contribution in [1.29, 1.82) is 0 Å². The number of para-hydroxylation sites is 1. The number of ether oxygens (including phenoxy) is 1. The molecule has 0 spiro atoms. The van der Waals surface area contributed by atoms with Crippen LogP contribution in [-0.2, 0) is 4.79 Å². The van der Waals surface area contributed by atoms with Crippen molar-refractivity contribution in [3.05, 3.63) is 59.2 Å². The molecule has 24 heavy (non-hydrogen) atoms. The summed E-state index contributed by atoms with van der Waals surface area (Å²) in [6.45, 7) is 7.68. The summed E-state index contributed by atoms with van der Waals surface area (Å²) in [6.07, 6.45) is 0. The SMILES string of the molecule is CC(=O)c1ccccc1NC(=O)COc1ccc(C(C)C)c(C)c1. The van der Waals surface area contributed by atoms with Gasteiger partial charge in [-0.3, -0.25) is 9.59 Å². The van der Waals surface area contributed by atoms with E-state index in [1.165, 1.54) is 12.5 Å². The minimum absolute atomic E-state index is 0.0910. The van der Waals surface area contributed by atoms with E-state index in [1.807, 2.05) is 25.1 Å². The molecule has 0 heterocycles. The molecular weight excluding hydrogens is 302 g/mol. The Hall–Kier alpha value is -2.62. The highest BCUT2D eigenvalue weighted by Gasteiger charge is 2.11. The van der Waals surface area contributed by atoms with Crippen molar-refractivity contribution in [3.63, 3.8) is 0 Å². The highest BCUT2D eigenvalue weighted by molar-refractivity contribution is 6.03. The molecule has 0 aliphatic carbocycles. The molecule has 0 atom stereocenters. The molecule has 2 aromatic carbocycles. The maximum absolute atomic E-state index is 12.1. The van der Waals surface area contributed by atoms with Gasteiger partial charge in [-0.1, -0.05) is 32.0 Å². The van der Waals surface area contributed by atoms with Crippen molar-refractivity contribution in [2.45, 2.75) is 33.6 Å². The molecule has 1 amide bonds. The molecule has 0 aromatic heterocycles. The quantitative estimate of drug-likeness (QED) is 0.804. The fourth-order valence-corrected chi connectivity index (χ4v) is 2.62. The van der Waals surface area contributed by atoms with Crippen molar-refractivity contribution in [2.24, 2.45) is 0 Å². The van der Waals surface area contributed by atoms with Crippen LogP contribution in [0.1, 0.15) is 48.2 Å². The number of aryl methyl sites for hydroxylation is 1. The molecule has 0 fully saturated rings. The average Bonchev–Trinajstić information content (AvgIpc) is 2.53. The van der Waals surface area contributed by atoms with Crippen LogP contribution < -0.4 is 10.1 Å². The molecule has 0 aliphatic heterocycles. The molecule has 126 valence electrons. The topological polar surface area (TPSA) is 55.4 Å². The van der Waals surface area contributed by atoms with Gasteiger partial charge >= 0.3 is 0 Å². The number of amides is 1. The van der Waals surface area contributed by atoms with Gasteiger partial charge in [0.1, 0.15) is 5.75 Å². The van der Waals surface area contributed by atoms with Crippen molar-refractivity contribution >= 4 is 17.4 Å². The van der Waals surface area contributed by atoms with Crippen molar-refractivity contribution in [1.82, 2.24) is 0 Å². The summed E-state index contributed by atoms with van der Waals surface area (Å²) in [7, 11) is 0. The van der Waals surface area contributed by atoms with Crippen molar-refractivity contribution < 1.29 is 14.3 Å². The van der Waals surface area contributed by atoms with Crippen LogP contribution in [0.25, 0.3) is 0 Å². The maximum Gasteiger partial charge on any atom is 0.262 e. The molecule has 2 aromatic rings.